The highest BCUT2D eigenvalue weighted by Crippen LogP contribution is 2.29. The summed E-state index contributed by atoms with van der Waals surface area (Å²) in [7, 11) is 0. The van der Waals surface area contributed by atoms with E-state index in [2.05, 4.69) is 21.2 Å². The highest BCUT2D eigenvalue weighted by molar-refractivity contribution is 9.10. The number of amides is 1. The van der Waals surface area contributed by atoms with Crippen LogP contribution in [0.25, 0.3) is 10.8 Å². The lowest BCUT2D eigenvalue weighted by molar-refractivity contribution is -0.116. The van der Waals surface area contributed by atoms with E-state index in [9.17, 15) is 4.79 Å². The molecule has 0 aliphatic heterocycles. The van der Waals surface area contributed by atoms with Crippen LogP contribution in [0.1, 0.15) is 13.3 Å². The molecule has 0 fully saturated rings. The Kier molecular flexibility index (Phi) is 3.99. The van der Waals surface area contributed by atoms with Gasteiger partial charge in [0.1, 0.15) is 0 Å². The highest BCUT2D eigenvalue weighted by Gasteiger charge is 2.09. The Labute approximate surface area is 114 Å². The van der Waals surface area contributed by atoms with Crippen LogP contribution in [0.15, 0.2) is 40.9 Å². The Morgan fingerprint density at radius 2 is 1.94 bits per heavy atom. The number of halogens is 1. The van der Waals surface area contributed by atoms with Crippen molar-refractivity contribution in [2.45, 2.75) is 19.4 Å². The first-order chi connectivity index (χ1) is 8.58. The molecular formula is C14H15BrN2O. The topological polar surface area (TPSA) is 55.1 Å². The molecule has 1 atom stereocenters. The summed E-state index contributed by atoms with van der Waals surface area (Å²) < 4.78 is 1.02. The molecule has 0 saturated heterocycles. The summed E-state index contributed by atoms with van der Waals surface area (Å²) in [5, 5.41) is 5.00. The van der Waals surface area contributed by atoms with Crippen LogP contribution < -0.4 is 11.1 Å². The second-order valence-electron chi connectivity index (χ2n) is 4.37. The molecule has 2 aromatic rings. The van der Waals surface area contributed by atoms with Crippen LogP contribution in [-0.4, -0.2) is 11.9 Å². The number of carbonyl (C=O) groups is 1. The average molecular weight is 307 g/mol. The molecule has 0 saturated carbocycles. The lowest BCUT2D eigenvalue weighted by Crippen LogP contribution is -2.24. The Bertz CT molecular complexity index is 581. The van der Waals surface area contributed by atoms with Crippen molar-refractivity contribution in [3.05, 3.63) is 40.9 Å². The molecule has 94 valence electrons. The van der Waals surface area contributed by atoms with Crippen molar-refractivity contribution in [1.82, 2.24) is 0 Å². The minimum absolute atomic E-state index is 0.0579. The summed E-state index contributed by atoms with van der Waals surface area (Å²) >= 11 is 3.50. The summed E-state index contributed by atoms with van der Waals surface area (Å²) in [6, 6.07) is 11.6. The van der Waals surface area contributed by atoms with Gasteiger partial charge in [-0.25, -0.2) is 0 Å². The summed E-state index contributed by atoms with van der Waals surface area (Å²) in [6.45, 7) is 1.82. The van der Waals surface area contributed by atoms with Crippen LogP contribution in [0.5, 0.6) is 0 Å². The van der Waals surface area contributed by atoms with Gasteiger partial charge in [0.2, 0.25) is 5.91 Å². The van der Waals surface area contributed by atoms with E-state index in [0.29, 0.717) is 6.42 Å². The Balaban J connectivity index is 2.34. The summed E-state index contributed by atoms with van der Waals surface area (Å²) in [6.07, 6.45) is 0.324. The third-order valence-corrected chi connectivity index (χ3v) is 3.34. The maximum atomic E-state index is 11.7. The van der Waals surface area contributed by atoms with Crippen LogP contribution in [0.4, 0.5) is 5.69 Å². The number of hydrogen-bond acceptors (Lipinski definition) is 2. The number of fused-ring (bicyclic) bond motifs is 1. The SMILES string of the molecule is CC(N)CC(=O)Nc1ccc(Br)c2ccccc12. The first-order valence-electron chi connectivity index (χ1n) is 5.80. The fourth-order valence-electron chi connectivity index (χ4n) is 1.86. The normalized spacial score (nSPS) is 12.4. The maximum Gasteiger partial charge on any atom is 0.225 e. The van der Waals surface area contributed by atoms with Crippen LogP contribution in [0.3, 0.4) is 0 Å². The standard InChI is InChI=1S/C14H15BrN2O/c1-9(16)8-14(18)17-13-7-6-12(15)10-4-2-3-5-11(10)13/h2-7,9H,8,16H2,1H3,(H,17,18). The molecule has 0 aromatic heterocycles. The quantitative estimate of drug-likeness (QED) is 0.914. The molecule has 0 aliphatic carbocycles. The molecule has 1 amide bonds. The van der Waals surface area contributed by atoms with Gasteiger partial charge in [-0.1, -0.05) is 40.2 Å². The zero-order chi connectivity index (χ0) is 13.1. The van der Waals surface area contributed by atoms with E-state index in [1.165, 1.54) is 0 Å². The van der Waals surface area contributed by atoms with E-state index in [4.69, 9.17) is 5.73 Å². The molecule has 4 heteroatoms. The van der Waals surface area contributed by atoms with Crippen molar-refractivity contribution in [3.63, 3.8) is 0 Å². The summed E-state index contributed by atoms with van der Waals surface area (Å²) in [5.41, 5.74) is 6.43. The number of rotatable bonds is 3. The lowest BCUT2D eigenvalue weighted by atomic mass is 10.1. The first-order valence-corrected chi connectivity index (χ1v) is 6.60. The van der Waals surface area contributed by atoms with Gasteiger partial charge in [0.15, 0.2) is 0 Å². The third kappa shape index (κ3) is 2.89. The molecule has 2 aromatic carbocycles. The van der Waals surface area contributed by atoms with Gasteiger partial charge in [-0.05, 0) is 24.4 Å². The van der Waals surface area contributed by atoms with Crippen LogP contribution >= 0.6 is 15.9 Å². The van der Waals surface area contributed by atoms with Gasteiger partial charge < -0.3 is 11.1 Å². The minimum atomic E-state index is -0.133. The number of nitrogens with one attached hydrogen (secondary N) is 1. The Morgan fingerprint density at radius 1 is 1.28 bits per heavy atom. The predicted molar refractivity (Wildman–Crippen MR) is 78.5 cm³/mol. The van der Waals surface area contributed by atoms with Gasteiger partial charge in [0.05, 0.1) is 0 Å². The van der Waals surface area contributed by atoms with Crippen molar-refractivity contribution in [3.8, 4) is 0 Å². The largest absolute Gasteiger partial charge is 0.327 e. The zero-order valence-corrected chi connectivity index (χ0v) is 11.7. The van der Waals surface area contributed by atoms with Crippen molar-refractivity contribution < 1.29 is 4.79 Å². The second kappa shape index (κ2) is 5.50. The van der Waals surface area contributed by atoms with Crippen LogP contribution in [-0.2, 0) is 4.79 Å². The van der Waals surface area contributed by atoms with Gasteiger partial charge >= 0.3 is 0 Å². The molecule has 0 radical (unpaired) electrons. The summed E-state index contributed by atoms with van der Waals surface area (Å²) in [4.78, 5) is 11.7. The molecule has 0 heterocycles. The van der Waals surface area contributed by atoms with Crippen molar-refractivity contribution in [2.75, 3.05) is 5.32 Å². The van der Waals surface area contributed by atoms with E-state index in [0.717, 1.165) is 20.9 Å². The van der Waals surface area contributed by atoms with E-state index in [1.807, 2.05) is 43.3 Å². The molecule has 0 aliphatic rings. The second-order valence-corrected chi connectivity index (χ2v) is 5.22. The fraction of sp³-hybridized carbons (Fsp3) is 0.214. The molecule has 18 heavy (non-hydrogen) atoms. The molecule has 2 rings (SSSR count). The molecule has 3 N–H and O–H groups in total. The number of benzene rings is 2. The lowest BCUT2D eigenvalue weighted by Gasteiger charge is -2.11. The number of carbonyl (C=O) groups excluding carboxylic acids is 1. The maximum absolute atomic E-state index is 11.7. The molecule has 1 unspecified atom stereocenters. The monoisotopic (exact) mass is 306 g/mol. The van der Waals surface area contributed by atoms with Crippen LogP contribution in [0.2, 0.25) is 0 Å². The third-order valence-electron chi connectivity index (χ3n) is 2.65. The fourth-order valence-corrected chi connectivity index (χ4v) is 2.34. The number of anilines is 1. The van der Waals surface area contributed by atoms with Crippen molar-refractivity contribution in [1.29, 1.82) is 0 Å². The van der Waals surface area contributed by atoms with Crippen LogP contribution in [0, 0.1) is 0 Å². The molecule has 3 nitrogen and oxygen atoms in total. The number of nitrogens with two attached hydrogens (primary N) is 1. The highest BCUT2D eigenvalue weighted by atomic mass is 79.9. The van der Waals surface area contributed by atoms with Gasteiger partial charge in [-0.3, -0.25) is 4.79 Å². The molecule has 0 spiro atoms. The Hall–Kier alpha value is -1.39. The summed E-state index contributed by atoms with van der Waals surface area (Å²) in [5.74, 6) is -0.0579. The van der Waals surface area contributed by atoms with Gasteiger partial charge in [0, 0.05) is 28.0 Å². The van der Waals surface area contributed by atoms with E-state index >= 15 is 0 Å². The molecular weight excluding hydrogens is 292 g/mol. The molecule has 0 bridgehead atoms. The van der Waals surface area contributed by atoms with Gasteiger partial charge in [-0.2, -0.15) is 0 Å². The van der Waals surface area contributed by atoms with E-state index in [1.54, 1.807) is 0 Å². The van der Waals surface area contributed by atoms with Crippen molar-refractivity contribution >= 4 is 38.3 Å². The van der Waals surface area contributed by atoms with E-state index in [-0.39, 0.29) is 11.9 Å². The van der Waals surface area contributed by atoms with Gasteiger partial charge in [0.25, 0.3) is 0 Å². The predicted octanol–water partition coefficient (Wildman–Crippen LogP) is 3.28. The van der Waals surface area contributed by atoms with Gasteiger partial charge in [-0.15, -0.1) is 0 Å². The first kappa shape index (κ1) is 13.1. The zero-order valence-electron chi connectivity index (χ0n) is 10.1. The smallest absolute Gasteiger partial charge is 0.225 e. The van der Waals surface area contributed by atoms with E-state index < -0.39 is 0 Å². The number of hydrogen-bond donors (Lipinski definition) is 2. The van der Waals surface area contributed by atoms with Crippen molar-refractivity contribution in [2.24, 2.45) is 5.73 Å². The average Bonchev–Trinajstić information content (AvgIpc) is 2.32. The Morgan fingerprint density at radius 3 is 2.61 bits per heavy atom. The minimum Gasteiger partial charge on any atom is -0.327 e.